The number of hydrogen-bond donors (Lipinski definition) is 2. The van der Waals surface area contributed by atoms with Crippen molar-refractivity contribution >= 4 is 11.9 Å². The zero-order chi connectivity index (χ0) is 13.8. The normalized spacial score (nSPS) is 32.1. The van der Waals surface area contributed by atoms with Gasteiger partial charge in [-0.25, -0.2) is 0 Å². The van der Waals surface area contributed by atoms with E-state index >= 15 is 0 Å². The first-order chi connectivity index (χ1) is 9.06. The lowest BCUT2D eigenvalue weighted by atomic mass is 9.84. The largest absolute Gasteiger partial charge is 0.481 e. The van der Waals surface area contributed by atoms with Crippen molar-refractivity contribution < 1.29 is 14.7 Å². The molecule has 1 atom stereocenters. The van der Waals surface area contributed by atoms with Gasteiger partial charge in [-0.1, -0.05) is 0 Å². The Bertz CT molecular complexity index is 338. The molecule has 0 aromatic carbocycles. The van der Waals surface area contributed by atoms with Gasteiger partial charge in [-0.3, -0.25) is 9.59 Å². The SMILES string of the molecule is NC1CCC(C(=O)N2CCCC(CC(=O)O)C2)CC1. The van der Waals surface area contributed by atoms with E-state index < -0.39 is 5.97 Å². The minimum absolute atomic E-state index is 0.114. The van der Waals surface area contributed by atoms with Crippen molar-refractivity contribution in [3.63, 3.8) is 0 Å². The third-order valence-electron chi connectivity index (χ3n) is 4.42. The van der Waals surface area contributed by atoms with Gasteiger partial charge in [0.15, 0.2) is 0 Å². The second-order valence-electron chi connectivity index (χ2n) is 6.00. The molecule has 1 aliphatic heterocycles. The minimum Gasteiger partial charge on any atom is -0.481 e. The Morgan fingerprint density at radius 1 is 1.16 bits per heavy atom. The van der Waals surface area contributed by atoms with Crippen molar-refractivity contribution in [3.8, 4) is 0 Å². The number of aliphatic carboxylic acids is 1. The van der Waals surface area contributed by atoms with E-state index in [1.54, 1.807) is 0 Å². The first-order valence-corrected chi connectivity index (χ1v) is 7.32. The molecule has 3 N–H and O–H groups in total. The number of rotatable bonds is 3. The highest BCUT2D eigenvalue weighted by Crippen LogP contribution is 2.27. The van der Waals surface area contributed by atoms with E-state index in [-0.39, 0.29) is 30.2 Å². The van der Waals surface area contributed by atoms with Crippen LogP contribution in [0.1, 0.15) is 44.9 Å². The molecule has 1 heterocycles. The van der Waals surface area contributed by atoms with E-state index in [1.165, 1.54) is 0 Å². The van der Waals surface area contributed by atoms with Gasteiger partial charge in [-0.2, -0.15) is 0 Å². The number of carboxylic acids is 1. The van der Waals surface area contributed by atoms with Crippen LogP contribution in [0.5, 0.6) is 0 Å². The summed E-state index contributed by atoms with van der Waals surface area (Å²) in [5.41, 5.74) is 5.86. The Hall–Kier alpha value is -1.10. The predicted octanol–water partition coefficient (Wildman–Crippen LogP) is 1.22. The second kappa shape index (κ2) is 6.37. The number of nitrogens with zero attached hydrogens (tertiary/aromatic N) is 1. The van der Waals surface area contributed by atoms with Crippen LogP contribution in [0.2, 0.25) is 0 Å². The molecular weight excluding hydrogens is 244 g/mol. The highest BCUT2D eigenvalue weighted by molar-refractivity contribution is 5.79. The molecule has 2 aliphatic rings. The summed E-state index contributed by atoms with van der Waals surface area (Å²) >= 11 is 0. The molecule has 19 heavy (non-hydrogen) atoms. The van der Waals surface area contributed by atoms with Crippen LogP contribution in [0, 0.1) is 11.8 Å². The van der Waals surface area contributed by atoms with Crippen LogP contribution in [-0.2, 0) is 9.59 Å². The van der Waals surface area contributed by atoms with Crippen LogP contribution in [0.3, 0.4) is 0 Å². The quantitative estimate of drug-likeness (QED) is 0.806. The first kappa shape index (κ1) is 14.3. The van der Waals surface area contributed by atoms with Gasteiger partial charge in [-0.15, -0.1) is 0 Å². The number of amides is 1. The fourth-order valence-corrected chi connectivity index (χ4v) is 3.30. The van der Waals surface area contributed by atoms with Crippen molar-refractivity contribution in [2.45, 2.75) is 51.0 Å². The molecule has 1 aliphatic carbocycles. The molecule has 1 saturated carbocycles. The molecule has 108 valence electrons. The molecule has 0 radical (unpaired) electrons. The fourth-order valence-electron chi connectivity index (χ4n) is 3.30. The van der Waals surface area contributed by atoms with Gasteiger partial charge in [0, 0.05) is 31.5 Å². The fraction of sp³-hybridized carbons (Fsp3) is 0.857. The predicted molar refractivity (Wildman–Crippen MR) is 71.5 cm³/mol. The van der Waals surface area contributed by atoms with Gasteiger partial charge in [-0.05, 0) is 44.4 Å². The Labute approximate surface area is 114 Å². The summed E-state index contributed by atoms with van der Waals surface area (Å²) in [6.45, 7) is 1.41. The smallest absolute Gasteiger partial charge is 0.303 e. The molecule has 1 saturated heterocycles. The average Bonchev–Trinajstić information content (AvgIpc) is 2.38. The Morgan fingerprint density at radius 2 is 1.84 bits per heavy atom. The van der Waals surface area contributed by atoms with E-state index in [4.69, 9.17) is 10.8 Å². The zero-order valence-electron chi connectivity index (χ0n) is 11.4. The monoisotopic (exact) mass is 268 g/mol. The third-order valence-corrected chi connectivity index (χ3v) is 4.42. The molecule has 5 heteroatoms. The van der Waals surface area contributed by atoms with Crippen molar-refractivity contribution in [2.24, 2.45) is 17.6 Å². The Balaban J connectivity index is 1.86. The van der Waals surface area contributed by atoms with Crippen LogP contribution in [-0.4, -0.2) is 41.0 Å². The summed E-state index contributed by atoms with van der Waals surface area (Å²) in [7, 11) is 0. The number of hydrogen-bond acceptors (Lipinski definition) is 3. The van der Waals surface area contributed by atoms with Gasteiger partial charge in [0.25, 0.3) is 0 Å². The maximum atomic E-state index is 12.4. The third kappa shape index (κ3) is 3.93. The Kier molecular flexibility index (Phi) is 4.80. The molecule has 1 amide bonds. The highest BCUT2D eigenvalue weighted by Gasteiger charge is 2.31. The summed E-state index contributed by atoms with van der Waals surface area (Å²) in [6.07, 6.45) is 5.67. The molecular formula is C14H24N2O3. The molecule has 0 spiro atoms. The lowest BCUT2D eigenvalue weighted by Gasteiger charge is -2.36. The standard InChI is InChI=1S/C14H24N2O3/c15-12-5-3-11(4-6-12)14(19)16-7-1-2-10(9-16)8-13(17)18/h10-12H,1-9,15H2,(H,17,18). The lowest BCUT2D eigenvalue weighted by Crippen LogP contribution is -2.44. The van der Waals surface area contributed by atoms with Gasteiger partial charge in [0.05, 0.1) is 0 Å². The van der Waals surface area contributed by atoms with Gasteiger partial charge >= 0.3 is 5.97 Å². The summed E-state index contributed by atoms with van der Waals surface area (Å²) in [5, 5.41) is 8.85. The first-order valence-electron chi connectivity index (χ1n) is 7.32. The number of piperidine rings is 1. The zero-order valence-corrected chi connectivity index (χ0v) is 11.4. The molecule has 0 aromatic heterocycles. The van der Waals surface area contributed by atoms with Crippen molar-refractivity contribution in [1.82, 2.24) is 4.90 Å². The second-order valence-corrected chi connectivity index (χ2v) is 6.00. The average molecular weight is 268 g/mol. The van der Waals surface area contributed by atoms with E-state index in [9.17, 15) is 9.59 Å². The van der Waals surface area contributed by atoms with Crippen molar-refractivity contribution in [3.05, 3.63) is 0 Å². The summed E-state index contributed by atoms with van der Waals surface area (Å²) in [4.78, 5) is 25.1. The van der Waals surface area contributed by atoms with E-state index in [2.05, 4.69) is 0 Å². The van der Waals surface area contributed by atoms with Crippen molar-refractivity contribution in [2.75, 3.05) is 13.1 Å². The van der Waals surface area contributed by atoms with Gasteiger partial charge in [0.1, 0.15) is 0 Å². The van der Waals surface area contributed by atoms with E-state index in [0.717, 1.165) is 45.1 Å². The summed E-state index contributed by atoms with van der Waals surface area (Å²) < 4.78 is 0. The molecule has 5 nitrogen and oxygen atoms in total. The number of carboxylic acid groups (broad SMARTS) is 1. The van der Waals surface area contributed by atoms with Gasteiger partial charge in [0.2, 0.25) is 5.91 Å². The maximum Gasteiger partial charge on any atom is 0.303 e. The Morgan fingerprint density at radius 3 is 2.47 bits per heavy atom. The van der Waals surface area contributed by atoms with Crippen LogP contribution >= 0.6 is 0 Å². The topological polar surface area (TPSA) is 83.6 Å². The number of likely N-dealkylation sites (tertiary alicyclic amines) is 1. The van der Waals surface area contributed by atoms with Crippen molar-refractivity contribution in [1.29, 1.82) is 0 Å². The molecule has 2 fully saturated rings. The van der Waals surface area contributed by atoms with E-state index in [1.807, 2.05) is 4.90 Å². The van der Waals surface area contributed by atoms with Crippen LogP contribution < -0.4 is 5.73 Å². The van der Waals surface area contributed by atoms with Gasteiger partial charge < -0.3 is 15.7 Å². The highest BCUT2D eigenvalue weighted by atomic mass is 16.4. The minimum atomic E-state index is -0.761. The van der Waals surface area contributed by atoms with Crippen LogP contribution in [0.4, 0.5) is 0 Å². The maximum absolute atomic E-state index is 12.4. The molecule has 2 rings (SSSR count). The number of carbonyl (C=O) groups excluding carboxylic acids is 1. The molecule has 0 bridgehead atoms. The van der Waals surface area contributed by atoms with Crippen LogP contribution in [0.25, 0.3) is 0 Å². The van der Waals surface area contributed by atoms with E-state index in [0.29, 0.717) is 6.54 Å². The summed E-state index contributed by atoms with van der Waals surface area (Å²) in [6, 6.07) is 0.255. The number of nitrogens with two attached hydrogens (primary N) is 1. The number of carbonyl (C=O) groups is 2. The molecule has 1 unspecified atom stereocenters. The van der Waals surface area contributed by atoms with Crippen LogP contribution in [0.15, 0.2) is 0 Å². The summed E-state index contributed by atoms with van der Waals surface area (Å²) in [5.74, 6) is -0.297. The lowest BCUT2D eigenvalue weighted by molar-refractivity contribution is -0.142. The molecule has 0 aromatic rings.